The van der Waals surface area contributed by atoms with Crippen LogP contribution in [0.5, 0.6) is 17.2 Å². The van der Waals surface area contributed by atoms with E-state index < -0.39 is 0 Å². The van der Waals surface area contributed by atoms with E-state index in [-0.39, 0.29) is 12.7 Å². The number of rotatable bonds is 7. The number of nitrogens with one attached hydrogen (secondary N) is 1. The Morgan fingerprint density at radius 2 is 2.12 bits per heavy atom. The third-order valence-corrected chi connectivity index (χ3v) is 5.21. The lowest BCUT2D eigenvalue weighted by molar-refractivity contribution is -0.115. The van der Waals surface area contributed by atoms with Gasteiger partial charge in [0.25, 0.3) is 0 Å². The Balaban J connectivity index is 1.47. The number of amides is 1. The van der Waals surface area contributed by atoms with Gasteiger partial charge < -0.3 is 19.5 Å². The van der Waals surface area contributed by atoms with Crippen molar-refractivity contribution in [1.29, 1.82) is 0 Å². The minimum Gasteiger partial charge on any atom is -0.495 e. The zero-order chi connectivity index (χ0) is 18.5. The highest BCUT2D eigenvalue weighted by atomic mass is 35.5. The molecule has 26 heavy (non-hydrogen) atoms. The number of carbonyl (C=O) groups excluding carboxylic acids is 1. The van der Waals surface area contributed by atoms with Crippen molar-refractivity contribution in [2.45, 2.75) is 12.2 Å². The Labute approximate surface area is 165 Å². The number of methoxy groups -OCH3 is 1. The topological polar surface area (TPSA) is 56.8 Å². The number of benzene rings is 2. The molecule has 0 spiro atoms. The minimum atomic E-state index is -0.0956. The fourth-order valence-electron chi connectivity index (χ4n) is 2.45. The van der Waals surface area contributed by atoms with Crippen LogP contribution in [0.25, 0.3) is 0 Å². The van der Waals surface area contributed by atoms with Gasteiger partial charge >= 0.3 is 0 Å². The first-order valence-electron chi connectivity index (χ1n) is 7.86. The summed E-state index contributed by atoms with van der Waals surface area (Å²) >= 11 is 13.8. The van der Waals surface area contributed by atoms with Crippen LogP contribution >= 0.6 is 35.0 Å². The van der Waals surface area contributed by atoms with E-state index in [1.807, 2.05) is 12.1 Å². The lowest BCUT2D eigenvalue weighted by Gasteiger charge is -2.10. The summed E-state index contributed by atoms with van der Waals surface area (Å²) in [5.74, 6) is 3.13. The van der Waals surface area contributed by atoms with Crippen LogP contribution in [-0.4, -0.2) is 25.6 Å². The Morgan fingerprint density at radius 1 is 1.27 bits per heavy atom. The Hall–Kier alpha value is -1.76. The van der Waals surface area contributed by atoms with Gasteiger partial charge in [-0.25, -0.2) is 0 Å². The largest absolute Gasteiger partial charge is 0.495 e. The number of hydrogen-bond donors (Lipinski definition) is 1. The lowest BCUT2D eigenvalue weighted by atomic mass is 10.2. The quantitative estimate of drug-likeness (QED) is 0.647. The van der Waals surface area contributed by atoms with Crippen LogP contribution in [0.2, 0.25) is 10.0 Å². The SMILES string of the molecule is COc1ccc(Cl)cc1NC(=O)CCSCc1cc(Cl)c2c(c1)OCO2. The molecule has 2 aromatic carbocycles. The van der Waals surface area contributed by atoms with Gasteiger partial charge in [0.15, 0.2) is 11.5 Å². The van der Waals surface area contributed by atoms with Crippen molar-refractivity contribution in [3.05, 3.63) is 45.9 Å². The molecule has 1 amide bonds. The summed E-state index contributed by atoms with van der Waals surface area (Å²) in [7, 11) is 1.55. The molecule has 0 saturated heterocycles. The summed E-state index contributed by atoms with van der Waals surface area (Å²) in [6, 6.07) is 8.87. The molecule has 8 heteroatoms. The van der Waals surface area contributed by atoms with Crippen molar-refractivity contribution in [2.75, 3.05) is 25.0 Å². The number of halogens is 2. The molecule has 2 aromatic rings. The molecule has 0 bridgehead atoms. The number of thioether (sulfide) groups is 1. The Kier molecular flexibility index (Phi) is 6.40. The van der Waals surface area contributed by atoms with Crippen LogP contribution in [0.4, 0.5) is 5.69 Å². The first-order valence-corrected chi connectivity index (χ1v) is 9.77. The third kappa shape index (κ3) is 4.69. The smallest absolute Gasteiger partial charge is 0.231 e. The summed E-state index contributed by atoms with van der Waals surface area (Å²) in [4.78, 5) is 12.1. The number of ether oxygens (including phenoxy) is 3. The highest BCUT2D eigenvalue weighted by molar-refractivity contribution is 7.98. The van der Waals surface area contributed by atoms with E-state index in [0.29, 0.717) is 45.2 Å². The average Bonchev–Trinajstić information content (AvgIpc) is 3.08. The first-order chi connectivity index (χ1) is 12.6. The standard InChI is InChI=1S/C18H17Cl2NO4S/c1-23-15-3-2-12(19)8-14(15)21-17(22)4-5-26-9-11-6-13(20)18-16(7-11)24-10-25-18/h2-3,6-8H,4-5,9-10H2,1H3,(H,21,22). The maximum atomic E-state index is 12.1. The molecular weight excluding hydrogens is 397 g/mol. The van der Waals surface area contributed by atoms with Crippen LogP contribution in [-0.2, 0) is 10.5 Å². The maximum Gasteiger partial charge on any atom is 0.231 e. The van der Waals surface area contributed by atoms with Crippen molar-refractivity contribution in [3.8, 4) is 17.2 Å². The second-order valence-corrected chi connectivity index (χ2v) is 7.46. The van der Waals surface area contributed by atoms with E-state index in [0.717, 1.165) is 11.3 Å². The van der Waals surface area contributed by atoms with Crippen molar-refractivity contribution in [2.24, 2.45) is 0 Å². The molecule has 0 fully saturated rings. The van der Waals surface area contributed by atoms with Crippen LogP contribution in [0.3, 0.4) is 0 Å². The van der Waals surface area contributed by atoms with Gasteiger partial charge in [-0.2, -0.15) is 11.8 Å². The maximum absolute atomic E-state index is 12.1. The number of carbonyl (C=O) groups is 1. The molecule has 138 valence electrons. The van der Waals surface area contributed by atoms with E-state index >= 15 is 0 Å². The molecular formula is C18H17Cl2NO4S. The summed E-state index contributed by atoms with van der Waals surface area (Å²) < 4.78 is 15.9. The van der Waals surface area contributed by atoms with Gasteiger partial charge in [-0.1, -0.05) is 23.2 Å². The molecule has 1 aliphatic heterocycles. The second kappa shape index (κ2) is 8.75. The van der Waals surface area contributed by atoms with Crippen LogP contribution < -0.4 is 19.5 Å². The van der Waals surface area contributed by atoms with E-state index in [1.54, 1.807) is 37.1 Å². The Bertz CT molecular complexity index is 816. The summed E-state index contributed by atoms with van der Waals surface area (Å²) in [6.45, 7) is 0.193. The number of fused-ring (bicyclic) bond motifs is 1. The van der Waals surface area contributed by atoms with Gasteiger partial charge in [0, 0.05) is 22.9 Å². The highest BCUT2D eigenvalue weighted by Gasteiger charge is 2.18. The van der Waals surface area contributed by atoms with Gasteiger partial charge in [0.05, 0.1) is 17.8 Å². The zero-order valence-corrected chi connectivity index (χ0v) is 16.3. The molecule has 0 unspecified atom stereocenters. The van der Waals surface area contributed by atoms with E-state index in [1.165, 1.54) is 0 Å². The molecule has 0 atom stereocenters. The summed E-state index contributed by atoms with van der Waals surface area (Å²) in [5, 5.41) is 3.90. The zero-order valence-electron chi connectivity index (χ0n) is 14.0. The van der Waals surface area contributed by atoms with Crippen LogP contribution in [0.15, 0.2) is 30.3 Å². The van der Waals surface area contributed by atoms with E-state index in [2.05, 4.69) is 5.32 Å². The van der Waals surface area contributed by atoms with Gasteiger partial charge in [0.1, 0.15) is 5.75 Å². The Morgan fingerprint density at radius 3 is 2.92 bits per heavy atom. The minimum absolute atomic E-state index is 0.0956. The predicted octanol–water partition coefficient (Wildman–Crippen LogP) is 4.99. The molecule has 1 N–H and O–H groups in total. The molecule has 5 nitrogen and oxygen atoms in total. The molecule has 1 aliphatic rings. The third-order valence-electron chi connectivity index (χ3n) is 3.66. The fraction of sp³-hybridized carbons (Fsp3) is 0.278. The van der Waals surface area contributed by atoms with Gasteiger partial charge in [-0.3, -0.25) is 4.79 Å². The molecule has 3 rings (SSSR count). The van der Waals surface area contributed by atoms with Gasteiger partial charge in [-0.15, -0.1) is 0 Å². The summed E-state index contributed by atoms with van der Waals surface area (Å²) in [6.07, 6.45) is 0.374. The fourth-order valence-corrected chi connectivity index (χ4v) is 3.79. The summed E-state index contributed by atoms with van der Waals surface area (Å²) in [5.41, 5.74) is 1.60. The molecule has 0 aromatic heterocycles. The van der Waals surface area contributed by atoms with E-state index in [9.17, 15) is 4.79 Å². The molecule has 0 radical (unpaired) electrons. The predicted molar refractivity (Wildman–Crippen MR) is 105 cm³/mol. The van der Waals surface area contributed by atoms with Crippen molar-refractivity contribution in [3.63, 3.8) is 0 Å². The molecule has 0 saturated carbocycles. The average molecular weight is 414 g/mol. The normalized spacial score (nSPS) is 12.1. The molecule has 1 heterocycles. The van der Waals surface area contributed by atoms with Crippen molar-refractivity contribution < 1.29 is 19.0 Å². The molecule has 0 aliphatic carbocycles. The van der Waals surface area contributed by atoms with Crippen LogP contribution in [0, 0.1) is 0 Å². The van der Waals surface area contributed by atoms with Crippen LogP contribution in [0.1, 0.15) is 12.0 Å². The highest BCUT2D eigenvalue weighted by Crippen LogP contribution is 2.40. The van der Waals surface area contributed by atoms with Crippen molar-refractivity contribution in [1.82, 2.24) is 0 Å². The monoisotopic (exact) mass is 413 g/mol. The second-order valence-electron chi connectivity index (χ2n) is 5.51. The van der Waals surface area contributed by atoms with Crippen molar-refractivity contribution >= 4 is 46.6 Å². The first kappa shape index (κ1) is 19.0. The van der Waals surface area contributed by atoms with Gasteiger partial charge in [-0.05, 0) is 35.9 Å². The number of hydrogen-bond acceptors (Lipinski definition) is 5. The van der Waals surface area contributed by atoms with E-state index in [4.69, 9.17) is 37.4 Å². The van der Waals surface area contributed by atoms with Gasteiger partial charge in [0.2, 0.25) is 12.7 Å². The number of anilines is 1. The lowest BCUT2D eigenvalue weighted by Crippen LogP contribution is -2.13.